The molecule has 2 aromatic rings. The number of benzene rings is 1. The van der Waals surface area contributed by atoms with Crippen LogP contribution >= 0.6 is 11.8 Å². The van der Waals surface area contributed by atoms with Crippen LogP contribution in [-0.2, 0) is 4.79 Å². The Hall–Kier alpha value is -2.02. The Balaban J connectivity index is 1.96. The van der Waals surface area contributed by atoms with Gasteiger partial charge in [0.15, 0.2) is 0 Å². The van der Waals surface area contributed by atoms with Gasteiger partial charge in [-0.3, -0.25) is 4.79 Å². The highest BCUT2D eigenvalue weighted by Gasteiger charge is 2.18. The van der Waals surface area contributed by atoms with Gasteiger partial charge < -0.3 is 14.1 Å². The van der Waals surface area contributed by atoms with E-state index < -0.39 is 0 Å². The molecule has 2 rings (SSSR count). The quantitative estimate of drug-likeness (QED) is 0.616. The van der Waals surface area contributed by atoms with Gasteiger partial charge in [-0.15, -0.1) is 10.2 Å². The normalized spacial score (nSPS) is 11.2. The molecule has 0 N–H and O–H groups in total. The highest BCUT2D eigenvalue weighted by Crippen LogP contribution is 2.25. The number of nitrogens with zero attached hydrogens (tertiary/aromatic N) is 3. The zero-order chi connectivity index (χ0) is 19.1. The minimum absolute atomic E-state index is 0.0987. The number of hydrogen-bond acceptors (Lipinski definition) is 6. The number of carbonyl (C=O) groups excluding carboxylic acids is 1. The molecule has 1 amide bonds. The van der Waals surface area contributed by atoms with Crippen molar-refractivity contribution in [1.82, 2.24) is 15.1 Å². The topological polar surface area (TPSA) is 68.5 Å². The molecular weight excluding hydrogens is 350 g/mol. The number of aromatic nitrogens is 2. The van der Waals surface area contributed by atoms with Gasteiger partial charge in [0, 0.05) is 18.7 Å². The third-order valence-corrected chi connectivity index (χ3v) is 4.39. The lowest BCUT2D eigenvalue weighted by Gasteiger charge is -2.26. The maximum Gasteiger partial charge on any atom is 0.277 e. The molecule has 26 heavy (non-hydrogen) atoms. The van der Waals surface area contributed by atoms with Gasteiger partial charge in [0.05, 0.1) is 12.9 Å². The van der Waals surface area contributed by atoms with E-state index in [1.54, 1.807) is 7.11 Å². The standard InChI is InChI=1S/C19H27N3O3S/c1-13(2)10-22(11-14(3)4)17(23)12-26-19-21-20-18(25-19)15-6-8-16(24-5)9-7-15/h6-9,13-14H,10-12H2,1-5H3. The lowest BCUT2D eigenvalue weighted by atomic mass is 10.1. The van der Waals surface area contributed by atoms with Crippen molar-refractivity contribution in [3.8, 4) is 17.2 Å². The molecule has 0 saturated carbocycles. The molecular formula is C19H27N3O3S. The van der Waals surface area contributed by atoms with E-state index >= 15 is 0 Å². The Kier molecular flexibility index (Phi) is 7.50. The van der Waals surface area contributed by atoms with Crippen LogP contribution in [0.4, 0.5) is 0 Å². The van der Waals surface area contributed by atoms with Crippen molar-refractivity contribution in [3.63, 3.8) is 0 Å². The van der Waals surface area contributed by atoms with E-state index in [-0.39, 0.29) is 5.91 Å². The van der Waals surface area contributed by atoms with Crippen LogP contribution in [0.2, 0.25) is 0 Å². The van der Waals surface area contributed by atoms with Crippen LogP contribution in [-0.4, -0.2) is 47.0 Å². The molecule has 0 bridgehead atoms. The van der Waals surface area contributed by atoms with Crippen LogP contribution in [0.1, 0.15) is 27.7 Å². The number of methoxy groups -OCH3 is 1. The molecule has 6 nitrogen and oxygen atoms in total. The Bertz CT molecular complexity index is 688. The van der Waals surface area contributed by atoms with Crippen LogP contribution in [0.15, 0.2) is 33.9 Å². The molecule has 0 fully saturated rings. The molecule has 0 unspecified atom stereocenters. The Morgan fingerprint density at radius 3 is 2.27 bits per heavy atom. The summed E-state index contributed by atoms with van der Waals surface area (Å²) in [7, 11) is 1.62. The summed E-state index contributed by atoms with van der Waals surface area (Å²) >= 11 is 1.28. The van der Waals surface area contributed by atoms with E-state index in [1.807, 2.05) is 29.2 Å². The molecule has 0 spiro atoms. The van der Waals surface area contributed by atoms with Gasteiger partial charge in [0.1, 0.15) is 5.75 Å². The Morgan fingerprint density at radius 2 is 1.73 bits per heavy atom. The molecule has 1 aromatic heterocycles. The first-order valence-electron chi connectivity index (χ1n) is 8.77. The number of hydrogen-bond donors (Lipinski definition) is 0. The first-order chi connectivity index (χ1) is 12.4. The molecule has 7 heteroatoms. The number of thioether (sulfide) groups is 1. The maximum atomic E-state index is 12.5. The molecule has 0 atom stereocenters. The van der Waals surface area contributed by atoms with Crippen molar-refractivity contribution in [2.75, 3.05) is 26.0 Å². The van der Waals surface area contributed by atoms with Gasteiger partial charge in [0.2, 0.25) is 11.8 Å². The van der Waals surface area contributed by atoms with Crippen LogP contribution in [0.25, 0.3) is 11.5 Å². The molecule has 1 heterocycles. The van der Waals surface area contributed by atoms with Gasteiger partial charge in [-0.05, 0) is 36.1 Å². The zero-order valence-electron chi connectivity index (χ0n) is 16.1. The lowest BCUT2D eigenvalue weighted by molar-refractivity contribution is -0.129. The van der Waals surface area contributed by atoms with E-state index in [1.165, 1.54) is 11.8 Å². The van der Waals surface area contributed by atoms with E-state index in [4.69, 9.17) is 9.15 Å². The average Bonchev–Trinajstić information content (AvgIpc) is 3.07. The van der Waals surface area contributed by atoms with Gasteiger partial charge in [-0.1, -0.05) is 39.5 Å². The maximum absolute atomic E-state index is 12.5. The summed E-state index contributed by atoms with van der Waals surface area (Å²) in [4.78, 5) is 14.5. The number of amides is 1. The summed E-state index contributed by atoms with van der Waals surface area (Å²) in [6, 6.07) is 7.40. The molecule has 142 valence electrons. The van der Waals surface area contributed by atoms with Crippen LogP contribution in [0, 0.1) is 11.8 Å². The molecule has 0 aliphatic carbocycles. The fraction of sp³-hybridized carbons (Fsp3) is 0.526. The molecule has 0 radical (unpaired) electrons. The fourth-order valence-electron chi connectivity index (χ4n) is 2.49. The Labute approximate surface area is 159 Å². The summed E-state index contributed by atoms with van der Waals surface area (Å²) in [5.74, 6) is 2.47. The van der Waals surface area contributed by atoms with Gasteiger partial charge in [-0.2, -0.15) is 0 Å². The monoisotopic (exact) mass is 377 g/mol. The second-order valence-electron chi connectivity index (χ2n) is 6.98. The minimum Gasteiger partial charge on any atom is -0.497 e. The van der Waals surface area contributed by atoms with Crippen molar-refractivity contribution in [2.24, 2.45) is 11.8 Å². The number of ether oxygens (including phenoxy) is 1. The third-order valence-electron chi connectivity index (χ3n) is 3.59. The van der Waals surface area contributed by atoms with Crippen LogP contribution in [0.5, 0.6) is 5.75 Å². The summed E-state index contributed by atoms with van der Waals surface area (Å²) in [6.07, 6.45) is 0. The highest BCUT2D eigenvalue weighted by molar-refractivity contribution is 7.99. The third kappa shape index (κ3) is 6.05. The van der Waals surface area contributed by atoms with Crippen LogP contribution in [0.3, 0.4) is 0 Å². The summed E-state index contributed by atoms with van der Waals surface area (Å²) in [5.41, 5.74) is 0.817. The second-order valence-corrected chi connectivity index (χ2v) is 7.90. The van der Waals surface area contributed by atoms with Gasteiger partial charge in [-0.25, -0.2) is 0 Å². The Morgan fingerprint density at radius 1 is 1.12 bits per heavy atom. The largest absolute Gasteiger partial charge is 0.497 e. The molecule has 1 aromatic carbocycles. The van der Waals surface area contributed by atoms with Crippen molar-refractivity contribution in [3.05, 3.63) is 24.3 Å². The number of rotatable bonds is 9. The summed E-state index contributed by atoms with van der Waals surface area (Å²) < 4.78 is 10.8. The predicted octanol–water partition coefficient (Wildman–Crippen LogP) is 3.98. The lowest BCUT2D eigenvalue weighted by Crippen LogP contribution is -2.38. The van der Waals surface area contributed by atoms with Crippen molar-refractivity contribution >= 4 is 17.7 Å². The fourth-order valence-corrected chi connectivity index (χ4v) is 3.16. The minimum atomic E-state index is 0.0987. The average molecular weight is 378 g/mol. The summed E-state index contributed by atoms with van der Waals surface area (Å²) in [6.45, 7) is 10.00. The molecule has 0 aliphatic rings. The van der Waals surface area contributed by atoms with E-state index in [0.29, 0.717) is 28.7 Å². The molecule has 0 saturated heterocycles. The van der Waals surface area contributed by atoms with Crippen LogP contribution < -0.4 is 4.74 Å². The molecule has 0 aliphatic heterocycles. The highest BCUT2D eigenvalue weighted by atomic mass is 32.2. The van der Waals surface area contributed by atoms with E-state index in [0.717, 1.165) is 24.4 Å². The number of carbonyl (C=O) groups is 1. The van der Waals surface area contributed by atoms with E-state index in [2.05, 4.69) is 37.9 Å². The van der Waals surface area contributed by atoms with Gasteiger partial charge >= 0.3 is 0 Å². The smallest absolute Gasteiger partial charge is 0.277 e. The first kappa shape index (κ1) is 20.3. The van der Waals surface area contributed by atoms with Gasteiger partial charge in [0.25, 0.3) is 5.22 Å². The van der Waals surface area contributed by atoms with Crippen molar-refractivity contribution < 1.29 is 13.9 Å². The summed E-state index contributed by atoms with van der Waals surface area (Å²) in [5, 5.41) is 8.49. The van der Waals surface area contributed by atoms with E-state index in [9.17, 15) is 4.79 Å². The van der Waals surface area contributed by atoms with Crippen molar-refractivity contribution in [2.45, 2.75) is 32.9 Å². The first-order valence-corrected chi connectivity index (χ1v) is 9.76. The predicted molar refractivity (Wildman–Crippen MR) is 103 cm³/mol. The zero-order valence-corrected chi connectivity index (χ0v) is 16.9. The van der Waals surface area contributed by atoms with Crippen molar-refractivity contribution in [1.29, 1.82) is 0 Å². The second kappa shape index (κ2) is 9.62. The SMILES string of the molecule is COc1ccc(-c2nnc(SCC(=O)N(CC(C)C)CC(C)C)o2)cc1.